The normalized spacial score (nSPS) is 11.3. The van der Waals surface area contributed by atoms with Gasteiger partial charge in [0.25, 0.3) is 0 Å². The highest BCUT2D eigenvalue weighted by atomic mass is 15.1. The maximum atomic E-state index is 4.88. The van der Waals surface area contributed by atoms with Crippen LogP contribution in [0.5, 0.6) is 0 Å². The van der Waals surface area contributed by atoms with Crippen LogP contribution in [0.4, 0.5) is 0 Å². The van der Waals surface area contributed by atoms with Crippen LogP contribution in [0.15, 0.2) is 60.8 Å². The van der Waals surface area contributed by atoms with E-state index in [-0.39, 0.29) is 0 Å². The number of rotatable bonds is 5. The number of benzene rings is 2. The first-order chi connectivity index (χ1) is 12.3. The molecule has 0 aliphatic heterocycles. The van der Waals surface area contributed by atoms with Gasteiger partial charge in [0.1, 0.15) is 11.6 Å². The van der Waals surface area contributed by atoms with Crippen LogP contribution in [0.3, 0.4) is 0 Å². The van der Waals surface area contributed by atoms with E-state index in [9.17, 15) is 0 Å². The molecule has 4 nitrogen and oxygen atoms in total. The summed E-state index contributed by atoms with van der Waals surface area (Å²) in [6, 6.07) is 18.7. The van der Waals surface area contributed by atoms with Gasteiger partial charge >= 0.3 is 0 Å². The van der Waals surface area contributed by atoms with Gasteiger partial charge in [0, 0.05) is 18.3 Å². The second kappa shape index (κ2) is 6.55. The van der Waals surface area contributed by atoms with Gasteiger partial charge in [-0.2, -0.15) is 0 Å². The number of para-hydroxylation sites is 2. The van der Waals surface area contributed by atoms with Gasteiger partial charge < -0.3 is 9.13 Å². The quantitative estimate of drug-likeness (QED) is 0.533. The monoisotopic (exact) mass is 330 g/mol. The Balaban J connectivity index is 1.79. The average Bonchev–Trinajstić information content (AvgIpc) is 3.17. The zero-order valence-electron chi connectivity index (χ0n) is 14.7. The van der Waals surface area contributed by atoms with E-state index in [1.54, 1.807) is 0 Å². The van der Waals surface area contributed by atoms with Crippen LogP contribution in [-0.2, 0) is 13.1 Å². The summed E-state index contributed by atoms with van der Waals surface area (Å²) in [6.07, 6.45) is 3.19. The Kier molecular flexibility index (Phi) is 4.10. The molecule has 0 atom stereocenters. The third-order valence-corrected chi connectivity index (χ3v) is 4.42. The lowest BCUT2D eigenvalue weighted by atomic mass is 10.2. The highest BCUT2D eigenvalue weighted by Crippen LogP contribution is 2.22. The molecule has 0 N–H and O–H groups in total. The number of hydrogen-bond acceptors (Lipinski definition) is 2. The first kappa shape index (κ1) is 15.6. The number of aryl methyl sites for hydroxylation is 2. The number of fused-ring (bicyclic) bond motifs is 1. The predicted molar refractivity (Wildman–Crippen MR) is 102 cm³/mol. The highest BCUT2D eigenvalue weighted by Gasteiger charge is 2.14. The van der Waals surface area contributed by atoms with Crippen molar-refractivity contribution >= 4 is 11.0 Å². The molecule has 0 aliphatic carbocycles. The van der Waals surface area contributed by atoms with Crippen LogP contribution in [0.2, 0.25) is 0 Å². The molecule has 25 heavy (non-hydrogen) atoms. The fourth-order valence-electron chi connectivity index (χ4n) is 3.36. The van der Waals surface area contributed by atoms with Crippen molar-refractivity contribution in [3.8, 4) is 11.4 Å². The van der Waals surface area contributed by atoms with E-state index in [0.717, 1.165) is 47.9 Å². The molecule has 0 radical (unpaired) electrons. The number of imidazole rings is 2. The van der Waals surface area contributed by atoms with E-state index < -0.39 is 0 Å². The molecule has 0 fully saturated rings. The molecule has 4 aromatic rings. The van der Waals surface area contributed by atoms with Crippen molar-refractivity contribution in [3.05, 3.63) is 72.3 Å². The fourth-order valence-corrected chi connectivity index (χ4v) is 3.36. The summed E-state index contributed by atoms with van der Waals surface area (Å²) in [5.41, 5.74) is 4.42. The van der Waals surface area contributed by atoms with E-state index in [1.165, 1.54) is 5.52 Å². The highest BCUT2D eigenvalue weighted by molar-refractivity contribution is 5.75. The molecule has 126 valence electrons. The lowest BCUT2D eigenvalue weighted by molar-refractivity contribution is 0.627. The maximum absolute atomic E-state index is 4.88. The molecule has 2 heterocycles. The molecule has 0 amide bonds. The average molecular weight is 330 g/mol. The van der Waals surface area contributed by atoms with Crippen molar-refractivity contribution in [2.75, 3.05) is 0 Å². The molecule has 2 aromatic heterocycles. The predicted octanol–water partition coefficient (Wildman–Crippen LogP) is 4.67. The Morgan fingerprint density at radius 1 is 0.920 bits per heavy atom. The summed E-state index contributed by atoms with van der Waals surface area (Å²) in [7, 11) is 0. The third-order valence-electron chi connectivity index (χ3n) is 4.42. The lowest BCUT2D eigenvalue weighted by Crippen LogP contribution is -2.09. The van der Waals surface area contributed by atoms with Gasteiger partial charge in [-0.15, -0.1) is 0 Å². The Hall–Kier alpha value is -2.88. The Morgan fingerprint density at radius 3 is 2.48 bits per heavy atom. The molecular weight excluding hydrogens is 308 g/mol. The van der Waals surface area contributed by atoms with Crippen molar-refractivity contribution in [2.24, 2.45) is 0 Å². The summed E-state index contributed by atoms with van der Waals surface area (Å²) < 4.78 is 4.54. The minimum atomic E-state index is 0.722. The maximum Gasteiger partial charge on any atom is 0.140 e. The van der Waals surface area contributed by atoms with Gasteiger partial charge in [-0.05, 0) is 25.5 Å². The second-order valence-corrected chi connectivity index (χ2v) is 6.37. The van der Waals surface area contributed by atoms with Crippen molar-refractivity contribution in [1.82, 2.24) is 19.1 Å². The molecule has 4 rings (SSSR count). The summed E-state index contributed by atoms with van der Waals surface area (Å²) in [5, 5.41) is 0. The summed E-state index contributed by atoms with van der Waals surface area (Å²) >= 11 is 0. The first-order valence-corrected chi connectivity index (χ1v) is 8.79. The smallest absolute Gasteiger partial charge is 0.140 e. The lowest BCUT2D eigenvalue weighted by Gasteiger charge is -2.11. The zero-order valence-corrected chi connectivity index (χ0v) is 14.7. The minimum Gasteiger partial charge on any atom is -0.326 e. The third kappa shape index (κ3) is 2.95. The van der Waals surface area contributed by atoms with Gasteiger partial charge in [-0.3, -0.25) is 0 Å². The minimum absolute atomic E-state index is 0.722. The Labute approximate surface area is 147 Å². The van der Waals surface area contributed by atoms with Crippen LogP contribution in [0, 0.1) is 6.92 Å². The summed E-state index contributed by atoms with van der Waals surface area (Å²) in [5.74, 6) is 2.07. The number of aromatic nitrogens is 4. The summed E-state index contributed by atoms with van der Waals surface area (Å²) in [6.45, 7) is 5.94. The Bertz CT molecular complexity index is 995. The van der Waals surface area contributed by atoms with Crippen molar-refractivity contribution in [3.63, 3.8) is 0 Å². The van der Waals surface area contributed by atoms with E-state index in [2.05, 4.69) is 64.7 Å². The van der Waals surface area contributed by atoms with E-state index in [1.807, 2.05) is 19.1 Å². The van der Waals surface area contributed by atoms with Crippen LogP contribution < -0.4 is 0 Å². The molecule has 0 spiro atoms. The van der Waals surface area contributed by atoms with Gasteiger partial charge in [0.2, 0.25) is 0 Å². The second-order valence-electron chi connectivity index (χ2n) is 6.37. The molecule has 0 saturated carbocycles. The molecular formula is C21H22N4. The first-order valence-electron chi connectivity index (χ1n) is 8.79. The Morgan fingerprint density at radius 2 is 1.68 bits per heavy atom. The van der Waals surface area contributed by atoms with Crippen LogP contribution in [0.1, 0.15) is 24.9 Å². The van der Waals surface area contributed by atoms with Gasteiger partial charge in [0.15, 0.2) is 0 Å². The van der Waals surface area contributed by atoms with E-state index in [0.29, 0.717) is 0 Å². The van der Waals surface area contributed by atoms with Crippen LogP contribution in [-0.4, -0.2) is 19.1 Å². The zero-order chi connectivity index (χ0) is 17.2. The van der Waals surface area contributed by atoms with Gasteiger partial charge in [-0.1, -0.05) is 49.4 Å². The standard InChI is InChI=1S/C21H22N4/c1-3-13-25-19-12-8-7-11-18(19)23-20(25)15-24-14-16(2)22-21(24)17-9-5-4-6-10-17/h4-12,14H,3,13,15H2,1-2H3. The van der Waals surface area contributed by atoms with Crippen molar-refractivity contribution < 1.29 is 0 Å². The molecule has 0 aliphatic rings. The van der Waals surface area contributed by atoms with E-state index in [4.69, 9.17) is 9.97 Å². The molecule has 0 saturated heterocycles. The number of nitrogens with zero attached hydrogens (tertiary/aromatic N) is 4. The number of hydrogen-bond donors (Lipinski definition) is 0. The largest absolute Gasteiger partial charge is 0.326 e. The van der Waals surface area contributed by atoms with Crippen LogP contribution in [0.25, 0.3) is 22.4 Å². The van der Waals surface area contributed by atoms with Crippen molar-refractivity contribution in [1.29, 1.82) is 0 Å². The SMILES string of the molecule is CCCn1c(Cn2cc(C)nc2-c2ccccc2)nc2ccccc21. The van der Waals surface area contributed by atoms with Crippen molar-refractivity contribution in [2.45, 2.75) is 33.4 Å². The molecule has 0 unspecified atom stereocenters. The van der Waals surface area contributed by atoms with Gasteiger partial charge in [-0.25, -0.2) is 9.97 Å². The van der Waals surface area contributed by atoms with E-state index >= 15 is 0 Å². The fraction of sp³-hybridized carbons (Fsp3) is 0.238. The van der Waals surface area contributed by atoms with Crippen LogP contribution >= 0.6 is 0 Å². The topological polar surface area (TPSA) is 35.6 Å². The molecule has 4 heteroatoms. The summed E-state index contributed by atoms with van der Waals surface area (Å²) in [4.78, 5) is 9.62. The molecule has 2 aromatic carbocycles. The van der Waals surface area contributed by atoms with Gasteiger partial charge in [0.05, 0.1) is 23.3 Å². The molecule has 0 bridgehead atoms.